The molecule has 1 heterocycles. The van der Waals surface area contributed by atoms with E-state index in [9.17, 15) is 14.7 Å². The number of carbonyl (C=O) groups is 2. The van der Waals surface area contributed by atoms with Crippen LogP contribution in [0.4, 0.5) is 4.79 Å². The van der Waals surface area contributed by atoms with Crippen molar-refractivity contribution in [1.29, 1.82) is 0 Å². The summed E-state index contributed by atoms with van der Waals surface area (Å²) in [5, 5.41) is 14.9. The van der Waals surface area contributed by atoms with Crippen LogP contribution in [0.1, 0.15) is 25.8 Å². The standard InChI is InChI=1S/C30H35N2O4PS/c1-22(2)27(20-33)31-29(34)28-18-26(19-32(28)30(35)36-21-23-12-6-3-7-13-23)37(38,24-14-8-4-9-15-24)25-16-10-5-11-17-25/h3-17,22,26-28,33H,18-21H2,1-2H3,(H,31,34)/t26-,27+,28-/m0/s1. The van der Waals surface area contributed by atoms with Gasteiger partial charge >= 0.3 is 6.09 Å². The molecule has 0 aliphatic carbocycles. The molecule has 0 unspecified atom stereocenters. The maximum atomic E-state index is 13.6. The fourth-order valence-electron chi connectivity index (χ4n) is 4.90. The summed E-state index contributed by atoms with van der Waals surface area (Å²) in [5.41, 5.74) is 0.755. The second-order valence-corrected chi connectivity index (χ2v) is 14.8. The van der Waals surface area contributed by atoms with Crippen molar-refractivity contribution in [3.8, 4) is 0 Å². The zero-order valence-corrected chi connectivity index (χ0v) is 23.5. The highest BCUT2D eigenvalue weighted by molar-refractivity contribution is 8.22. The summed E-state index contributed by atoms with van der Waals surface area (Å²) in [7, 11) is 0. The minimum atomic E-state index is -2.41. The number of nitrogens with one attached hydrogen (secondary N) is 1. The number of likely N-dealkylation sites (tertiary alicyclic amines) is 1. The average molecular weight is 551 g/mol. The number of hydrogen-bond donors (Lipinski definition) is 2. The molecule has 3 aromatic rings. The molecule has 3 atom stereocenters. The lowest BCUT2D eigenvalue weighted by atomic mass is 10.0. The summed E-state index contributed by atoms with van der Waals surface area (Å²) in [6.07, 6.45) is -0.117. The van der Waals surface area contributed by atoms with Crippen molar-refractivity contribution in [2.45, 2.75) is 44.6 Å². The molecule has 1 saturated heterocycles. The van der Waals surface area contributed by atoms with E-state index in [1.165, 1.54) is 4.90 Å². The van der Waals surface area contributed by atoms with E-state index < -0.39 is 24.2 Å². The molecule has 0 saturated carbocycles. The van der Waals surface area contributed by atoms with E-state index in [1.807, 2.05) is 80.6 Å². The fourth-order valence-corrected chi connectivity index (χ4v) is 9.36. The van der Waals surface area contributed by atoms with E-state index in [2.05, 4.69) is 29.6 Å². The van der Waals surface area contributed by atoms with Gasteiger partial charge in [0, 0.05) is 18.2 Å². The number of nitrogens with zero attached hydrogens (tertiary/aromatic N) is 1. The Morgan fingerprint density at radius 1 is 0.974 bits per heavy atom. The molecular weight excluding hydrogens is 515 g/mol. The Kier molecular flexibility index (Phi) is 9.37. The van der Waals surface area contributed by atoms with Crippen molar-refractivity contribution in [1.82, 2.24) is 10.2 Å². The highest BCUT2D eigenvalue weighted by Gasteiger charge is 2.47. The molecule has 6 nitrogen and oxygen atoms in total. The maximum Gasteiger partial charge on any atom is 0.410 e. The molecule has 200 valence electrons. The van der Waals surface area contributed by atoms with Gasteiger partial charge in [0.25, 0.3) is 0 Å². The van der Waals surface area contributed by atoms with E-state index in [1.54, 1.807) is 0 Å². The van der Waals surface area contributed by atoms with Gasteiger partial charge in [-0.2, -0.15) is 0 Å². The Labute approximate surface area is 230 Å². The molecule has 1 aliphatic rings. The predicted octanol–water partition coefficient (Wildman–Crippen LogP) is 4.03. The van der Waals surface area contributed by atoms with E-state index in [0.29, 0.717) is 13.0 Å². The summed E-state index contributed by atoms with van der Waals surface area (Å²) in [5.74, 6) is -0.251. The van der Waals surface area contributed by atoms with Crippen molar-refractivity contribution in [3.63, 3.8) is 0 Å². The first kappa shape index (κ1) is 28.0. The molecule has 2 amide bonds. The lowest BCUT2D eigenvalue weighted by Crippen LogP contribution is -2.51. The van der Waals surface area contributed by atoms with Gasteiger partial charge in [0.1, 0.15) is 12.6 Å². The Morgan fingerprint density at radius 2 is 1.50 bits per heavy atom. The average Bonchev–Trinajstić information content (AvgIpc) is 3.42. The maximum absolute atomic E-state index is 13.6. The van der Waals surface area contributed by atoms with Gasteiger partial charge in [0.15, 0.2) is 0 Å². The van der Waals surface area contributed by atoms with Crippen molar-refractivity contribution in [2.24, 2.45) is 5.92 Å². The lowest BCUT2D eigenvalue weighted by molar-refractivity contribution is -0.126. The second-order valence-electron chi connectivity index (χ2n) is 9.97. The molecule has 8 heteroatoms. The Hall–Kier alpha value is -2.99. The number of hydrogen-bond acceptors (Lipinski definition) is 5. The van der Waals surface area contributed by atoms with E-state index >= 15 is 0 Å². The van der Waals surface area contributed by atoms with Crippen LogP contribution in [0.3, 0.4) is 0 Å². The molecular formula is C30H35N2O4PS. The summed E-state index contributed by atoms with van der Waals surface area (Å²) < 4.78 is 5.68. The van der Waals surface area contributed by atoms with Crippen LogP contribution < -0.4 is 15.9 Å². The Bertz CT molecular complexity index is 1210. The first-order valence-electron chi connectivity index (χ1n) is 12.9. The smallest absolute Gasteiger partial charge is 0.410 e. The molecule has 1 aliphatic heterocycles. The van der Waals surface area contributed by atoms with Gasteiger partial charge in [-0.3, -0.25) is 9.69 Å². The quantitative estimate of drug-likeness (QED) is 0.394. The van der Waals surface area contributed by atoms with Crippen LogP contribution in [-0.4, -0.2) is 52.9 Å². The predicted molar refractivity (Wildman–Crippen MR) is 156 cm³/mol. The first-order valence-corrected chi connectivity index (χ1v) is 15.8. The normalized spacial score (nSPS) is 18.3. The molecule has 3 aromatic carbocycles. The largest absolute Gasteiger partial charge is 0.445 e. The third kappa shape index (κ3) is 6.17. The van der Waals surface area contributed by atoms with Gasteiger partial charge in [0.2, 0.25) is 5.91 Å². The lowest BCUT2D eigenvalue weighted by Gasteiger charge is -2.29. The first-order chi connectivity index (χ1) is 18.3. The summed E-state index contributed by atoms with van der Waals surface area (Å²) in [6, 6.07) is 26.0. The van der Waals surface area contributed by atoms with Crippen LogP contribution in [-0.2, 0) is 27.9 Å². The van der Waals surface area contributed by atoms with Gasteiger partial charge in [-0.25, -0.2) is 4.79 Å². The number of aliphatic hydroxyl groups is 1. The van der Waals surface area contributed by atoms with Gasteiger partial charge in [-0.1, -0.05) is 117 Å². The van der Waals surface area contributed by atoms with E-state index in [-0.39, 0.29) is 30.7 Å². The van der Waals surface area contributed by atoms with Gasteiger partial charge in [-0.05, 0) is 28.5 Å². The number of rotatable bonds is 9. The van der Waals surface area contributed by atoms with Gasteiger partial charge in [0.05, 0.1) is 12.6 Å². The number of ether oxygens (including phenoxy) is 1. The fraction of sp³-hybridized carbons (Fsp3) is 0.333. The van der Waals surface area contributed by atoms with Crippen molar-refractivity contribution in [2.75, 3.05) is 13.2 Å². The molecule has 38 heavy (non-hydrogen) atoms. The van der Waals surface area contributed by atoms with Crippen LogP contribution >= 0.6 is 6.04 Å². The van der Waals surface area contributed by atoms with Crippen molar-refractivity contribution < 1.29 is 19.4 Å². The molecule has 4 rings (SSSR count). The minimum absolute atomic E-state index is 0.0406. The molecule has 0 radical (unpaired) electrons. The van der Waals surface area contributed by atoms with Crippen molar-refractivity contribution >= 4 is 40.5 Å². The zero-order chi connectivity index (χ0) is 27.1. The van der Waals surface area contributed by atoms with Crippen LogP contribution in [0.15, 0.2) is 91.0 Å². The summed E-state index contributed by atoms with van der Waals surface area (Å²) in [4.78, 5) is 28.5. The third-order valence-corrected chi connectivity index (χ3v) is 12.8. The van der Waals surface area contributed by atoms with Crippen molar-refractivity contribution in [3.05, 3.63) is 96.6 Å². The second kappa shape index (κ2) is 12.7. The highest BCUT2D eigenvalue weighted by atomic mass is 32.4. The number of benzene rings is 3. The highest BCUT2D eigenvalue weighted by Crippen LogP contribution is 2.53. The minimum Gasteiger partial charge on any atom is -0.445 e. The molecule has 0 bridgehead atoms. The summed E-state index contributed by atoms with van der Waals surface area (Å²) in [6.45, 7) is 4.14. The number of aliphatic hydroxyl groups excluding tert-OH is 1. The van der Waals surface area contributed by atoms with Crippen LogP contribution in [0.25, 0.3) is 0 Å². The molecule has 1 fully saturated rings. The van der Waals surface area contributed by atoms with E-state index in [0.717, 1.165) is 16.2 Å². The van der Waals surface area contributed by atoms with E-state index in [4.69, 9.17) is 16.5 Å². The molecule has 0 aromatic heterocycles. The Morgan fingerprint density at radius 3 is 2.00 bits per heavy atom. The third-order valence-electron chi connectivity index (χ3n) is 7.14. The summed E-state index contributed by atoms with van der Waals surface area (Å²) >= 11 is 6.53. The SMILES string of the molecule is CC(C)[C@@H](CO)NC(=O)[C@@H]1C[C@H](P(=S)(c2ccccc2)c2ccccc2)CN1C(=O)OCc1ccccc1. The zero-order valence-electron chi connectivity index (χ0n) is 21.8. The monoisotopic (exact) mass is 550 g/mol. The molecule has 2 N–H and O–H groups in total. The topological polar surface area (TPSA) is 78.9 Å². The van der Waals surface area contributed by atoms with Crippen LogP contribution in [0.2, 0.25) is 0 Å². The number of carbonyl (C=O) groups excluding carboxylic acids is 2. The van der Waals surface area contributed by atoms with Gasteiger partial charge < -0.3 is 15.2 Å². The number of amides is 2. The Balaban J connectivity index is 1.66. The molecule has 0 spiro atoms. The van der Waals surface area contributed by atoms with Crippen LogP contribution in [0.5, 0.6) is 0 Å². The van der Waals surface area contributed by atoms with Crippen LogP contribution in [0, 0.1) is 5.92 Å². The van der Waals surface area contributed by atoms with Gasteiger partial charge in [-0.15, -0.1) is 0 Å².